The molecule has 1 rings (SSSR count). The Balaban J connectivity index is 2.89. The zero-order valence-electron chi connectivity index (χ0n) is 13.9. The summed E-state index contributed by atoms with van der Waals surface area (Å²) < 4.78 is 0. The molecule has 0 aliphatic rings. The SMILES string of the molecule is CCCCN(c1ncc(CNCC)cc1C)C(C)CC. The number of aromatic nitrogens is 1. The molecule has 3 heteroatoms. The standard InChI is InChI=1S/C17H31N3/c1-6-9-10-20(15(5)7-2)17-14(4)11-16(13-19-17)12-18-8-3/h11,13,15,18H,6-10,12H2,1-5H3. The molecule has 114 valence electrons. The summed E-state index contributed by atoms with van der Waals surface area (Å²) in [6, 6.07) is 2.82. The van der Waals surface area contributed by atoms with Crippen molar-refractivity contribution in [2.45, 2.75) is 66.5 Å². The van der Waals surface area contributed by atoms with E-state index in [9.17, 15) is 0 Å². The number of nitrogens with one attached hydrogen (secondary N) is 1. The van der Waals surface area contributed by atoms with Crippen LogP contribution in [-0.4, -0.2) is 24.1 Å². The summed E-state index contributed by atoms with van der Waals surface area (Å²) in [6.07, 6.45) is 5.63. The zero-order valence-corrected chi connectivity index (χ0v) is 13.9. The molecule has 1 aromatic heterocycles. The molecule has 20 heavy (non-hydrogen) atoms. The predicted molar refractivity (Wildman–Crippen MR) is 88.4 cm³/mol. The van der Waals surface area contributed by atoms with Crippen LogP contribution in [0.15, 0.2) is 12.3 Å². The lowest BCUT2D eigenvalue weighted by molar-refractivity contribution is 0.588. The fourth-order valence-electron chi connectivity index (χ4n) is 2.38. The van der Waals surface area contributed by atoms with Crippen molar-refractivity contribution in [2.75, 3.05) is 18.0 Å². The molecule has 0 saturated carbocycles. The van der Waals surface area contributed by atoms with Gasteiger partial charge in [-0.1, -0.05) is 27.2 Å². The molecule has 1 aromatic rings. The molecule has 0 radical (unpaired) electrons. The second-order valence-corrected chi connectivity index (χ2v) is 5.57. The molecule has 1 atom stereocenters. The molecule has 0 aliphatic carbocycles. The smallest absolute Gasteiger partial charge is 0.131 e. The van der Waals surface area contributed by atoms with Gasteiger partial charge >= 0.3 is 0 Å². The van der Waals surface area contributed by atoms with Crippen LogP contribution in [0.3, 0.4) is 0 Å². The Morgan fingerprint density at radius 2 is 2.05 bits per heavy atom. The van der Waals surface area contributed by atoms with Gasteiger partial charge < -0.3 is 10.2 Å². The fraction of sp³-hybridized carbons (Fsp3) is 0.706. The van der Waals surface area contributed by atoms with E-state index in [1.807, 2.05) is 6.20 Å². The first-order valence-corrected chi connectivity index (χ1v) is 8.06. The lowest BCUT2D eigenvalue weighted by atomic mass is 10.1. The van der Waals surface area contributed by atoms with Crippen LogP contribution in [0.5, 0.6) is 0 Å². The topological polar surface area (TPSA) is 28.2 Å². The van der Waals surface area contributed by atoms with Gasteiger partial charge in [0.2, 0.25) is 0 Å². The number of anilines is 1. The van der Waals surface area contributed by atoms with Crippen molar-refractivity contribution in [1.82, 2.24) is 10.3 Å². The van der Waals surface area contributed by atoms with E-state index in [0.29, 0.717) is 6.04 Å². The number of hydrogen-bond acceptors (Lipinski definition) is 3. The van der Waals surface area contributed by atoms with Crippen molar-refractivity contribution in [3.8, 4) is 0 Å². The molecular formula is C17H31N3. The van der Waals surface area contributed by atoms with Gasteiger partial charge in [0.1, 0.15) is 5.82 Å². The van der Waals surface area contributed by atoms with Crippen LogP contribution in [0.4, 0.5) is 5.82 Å². The normalized spacial score (nSPS) is 12.4. The van der Waals surface area contributed by atoms with Crippen LogP contribution in [0.2, 0.25) is 0 Å². The van der Waals surface area contributed by atoms with Crippen LogP contribution < -0.4 is 10.2 Å². The number of rotatable bonds is 9. The highest BCUT2D eigenvalue weighted by Gasteiger charge is 2.16. The Labute approximate surface area is 124 Å². The molecule has 0 aliphatic heterocycles. The molecule has 0 fully saturated rings. The van der Waals surface area contributed by atoms with Gasteiger partial charge in [0.15, 0.2) is 0 Å². The highest BCUT2D eigenvalue weighted by Crippen LogP contribution is 2.22. The van der Waals surface area contributed by atoms with Crippen LogP contribution in [0.25, 0.3) is 0 Å². The van der Waals surface area contributed by atoms with Crippen molar-refractivity contribution < 1.29 is 0 Å². The third-order valence-corrected chi connectivity index (χ3v) is 3.83. The lowest BCUT2D eigenvalue weighted by Gasteiger charge is -2.31. The number of unbranched alkanes of at least 4 members (excludes halogenated alkanes) is 1. The maximum Gasteiger partial charge on any atom is 0.131 e. The monoisotopic (exact) mass is 277 g/mol. The van der Waals surface area contributed by atoms with Gasteiger partial charge in [-0.05, 0) is 50.4 Å². The average molecular weight is 277 g/mol. The second kappa shape index (κ2) is 8.96. The molecule has 1 unspecified atom stereocenters. The molecule has 3 nitrogen and oxygen atoms in total. The van der Waals surface area contributed by atoms with Gasteiger partial charge in [-0.15, -0.1) is 0 Å². The molecular weight excluding hydrogens is 246 g/mol. The van der Waals surface area contributed by atoms with E-state index in [1.165, 1.54) is 24.0 Å². The van der Waals surface area contributed by atoms with Gasteiger partial charge in [0.25, 0.3) is 0 Å². The molecule has 0 saturated heterocycles. The Morgan fingerprint density at radius 3 is 2.60 bits per heavy atom. The average Bonchev–Trinajstić information content (AvgIpc) is 2.46. The van der Waals surface area contributed by atoms with Crippen LogP contribution in [-0.2, 0) is 6.54 Å². The largest absolute Gasteiger partial charge is 0.354 e. The number of pyridine rings is 1. The van der Waals surface area contributed by atoms with E-state index in [2.05, 4.69) is 50.9 Å². The van der Waals surface area contributed by atoms with E-state index >= 15 is 0 Å². The summed E-state index contributed by atoms with van der Waals surface area (Å²) in [5, 5.41) is 3.36. The van der Waals surface area contributed by atoms with Crippen LogP contribution in [0.1, 0.15) is 58.1 Å². The molecule has 0 bridgehead atoms. The molecule has 0 amide bonds. The van der Waals surface area contributed by atoms with Crippen molar-refractivity contribution in [1.29, 1.82) is 0 Å². The second-order valence-electron chi connectivity index (χ2n) is 5.57. The highest BCUT2D eigenvalue weighted by atomic mass is 15.2. The summed E-state index contributed by atoms with van der Waals surface area (Å²) >= 11 is 0. The van der Waals surface area contributed by atoms with Gasteiger partial charge in [-0.2, -0.15) is 0 Å². The molecule has 0 aromatic carbocycles. The molecule has 0 spiro atoms. The summed E-state index contributed by atoms with van der Waals surface area (Å²) in [7, 11) is 0. The maximum atomic E-state index is 4.74. The van der Waals surface area contributed by atoms with Gasteiger partial charge in [-0.25, -0.2) is 4.98 Å². The first-order chi connectivity index (χ1) is 9.63. The van der Waals surface area contributed by atoms with E-state index in [1.54, 1.807) is 0 Å². The molecule has 1 N–H and O–H groups in total. The van der Waals surface area contributed by atoms with E-state index in [-0.39, 0.29) is 0 Å². The first-order valence-electron chi connectivity index (χ1n) is 8.06. The van der Waals surface area contributed by atoms with Gasteiger partial charge in [0, 0.05) is 25.3 Å². The molecule has 1 heterocycles. The summed E-state index contributed by atoms with van der Waals surface area (Å²) in [4.78, 5) is 7.21. The number of hydrogen-bond donors (Lipinski definition) is 1. The highest BCUT2D eigenvalue weighted by molar-refractivity contribution is 5.48. The number of nitrogens with zero attached hydrogens (tertiary/aromatic N) is 2. The van der Waals surface area contributed by atoms with E-state index < -0.39 is 0 Å². The Kier molecular flexibility index (Phi) is 7.60. The van der Waals surface area contributed by atoms with Gasteiger partial charge in [-0.3, -0.25) is 0 Å². The van der Waals surface area contributed by atoms with Crippen LogP contribution >= 0.6 is 0 Å². The first kappa shape index (κ1) is 17.0. The third kappa shape index (κ3) is 4.78. The minimum absolute atomic E-state index is 0.548. The van der Waals surface area contributed by atoms with Crippen LogP contribution in [0, 0.1) is 6.92 Å². The van der Waals surface area contributed by atoms with Crippen molar-refractivity contribution in [2.24, 2.45) is 0 Å². The van der Waals surface area contributed by atoms with Gasteiger partial charge in [0.05, 0.1) is 0 Å². The Morgan fingerprint density at radius 1 is 1.30 bits per heavy atom. The van der Waals surface area contributed by atoms with E-state index in [0.717, 1.165) is 31.9 Å². The van der Waals surface area contributed by atoms with Crippen molar-refractivity contribution in [3.05, 3.63) is 23.4 Å². The Hall–Kier alpha value is -1.09. The lowest BCUT2D eigenvalue weighted by Crippen LogP contribution is -2.34. The number of aryl methyl sites for hydroxylation is 1. The summed E-state index contributed by atoms with van der Waals surface area (Å²) in [5.74, 6) is 1.16. The fourth-order valence-corrected chi connectivity index (χ4v) is 2.38. The van der Waals surface area contributed by atoms with Crippen molar-refractivity contribution >= 4 is 5.82 Å². The Bertz CT molecular complexity index is 390. The minimum atomic E-state index is 0.548. The van der Waals surface area contributed by atoms with Crippen molar-refractivity contribution in [3.63, 3.8) is 0 Å². The van der Waals surface area contributed by atoms with E-state index in [4.69, 9.17) is 4.98 Å². The summed E-state index contributed by atoms with van der Waals surface area (Å²) in [5.41, 5.74) is 2.56. The third-order valence-electron chi connectivity index (χ3n) is 3.83. The summed E-state index contributed by atoms with van der Waals surface area (Å²) in [6.45, 7) is 14.1. The predicted octanol–water partition coefficient (Wildman–Crippen LogP) is 3.90. The zero-order chi connectivity index (χ0) is 15.0. The quantitative estimate of drug-likeness (QED) is 0.742. The minimum Gasteiger partial charge on any atom is -0.354 e. The maximum absolute atomic E-state index is 4.74.